The van der Waals surface area contributed by atoms with Crippen molar-refractivity contribution >= 4 is 34.9 Å². The van der Waals surface area contributed by atoms with Crippen LogP contribution in [0.3, 0.4) is 0 Å². The van der Waals surface area contributed by atoms with Crippen molar-refractivity contribution in [1.29, 1.82) is 0 Å². The third-order valence-corrected chi connectivity index (χ3v) is 9.18. The maximum absolute atomic E-state index is 15.8. The molecule has 3 aromatic heterocycles. The predicted molar refractivity (Wildman–Crippen MR) is 193 cm³/mol. The van der Waals surface area contributed by atoms with Gasteiger partial charge in [0, 0.05) is 55.5 Å². The van der Waals surface area contributed by atoms with Gasteiger partial charge < -0.3 is 34.3 Å². The molecule has 1 saturated heterocycles. The topological polar surface area (TPSA) is 167 Å². The van der Waals surface area contributed by atoms with Crippen LogP contribution in [0.5, 0.6) is 11.5 Å². The highest BCUT2D eigenvalue weighted by molar-refractivity contribution is 5.87. The molecule has 1 fully saturated rings. The monoisotopic (exact) mass is 730 g/mol. The number of likely N-dealkylation sites (N-methyl/N-ethyl adjacent to an activating group) is 1. The van der Waals surface area contributed by atoms with E-state index in [9.17, 15) is 19.7 Å². The second-order valence-corrected chi connectivity index (χ2v) is 13.3. The Morgan fingerprint density at radius 3 is 2.47 bits per heavy atom. The molecule has 1 amide bonds. The smallest absolute Gasteiger partial charge is 0.368 e. The molecule has 0 bridgehead atoms. The summed E-state index contributed by atoms with van der Waals surface area (Å²) >= 11 is 0. The number of anilines is 2. The number of carbonyl (C=O) groups excluding carboxylic acids is 1. The lowest BCUT2D eigenvalue weighted by molar-refractivity contribution is -0.880. The van der Waals surface area contributed by atoms with Crippen LogP contribution in [0.4, 0.5) is 20.5 Å². The average molecular weight is 731 g/mol. The molecule has 2 aliphatic heterocycles. The molecule has 1 aromatic carbocycles. The summed E-state index contributed by atoms with van der Waals surface area (Å²) in [5, 5.41) is 14.7. The molecule has 0 radical (unpaired) electrons. The zero-order valence-corrected chi connectivity index (χ0v) is 29.6. The van der Waals surface area contributed by atoms with Crippen molar-refractivity contribution in [3.63, 3.8) is 0 Å². The van der Waals surface area contributed by atoms with Crippen LogP contribution in [0, 0.1) is 21.7 Å². The molecule has 2 aliphatic rings. The number of aliphatic imine (C=N–C) groups is 1. The molecule has 17 heteroatoms. The summed E-state index contributed by atoms with van der Waals surface area (Å²) in [5.41, 5.74) is -0.708. The Morgan fingerprint density at radius 1 is 1.11 bits per heavy atom. The lowest BCUT2D eigenvalue weighted by Crippen LogP contribution is -2.42. The van der Waals surface area contributed by atoms with Crippen molar-refractivity contribution in [2.75, 3.05) is 59.8 Å². The van der Waals surface area contributed by atoms with Gasteiger partial charge >= 0.3 is 5.82 Å². The summed E-state index contributed by atoms with van der Waals surface area (Å²) in [4.78, 5) is 57.3. The number of hydrogen-bond donors (Lipinski definition) is 1. The number of likely N-dealkylation sites (tertiary alicyclic amines) is 1. The van der Waals surface area contributed by atoms with E-state index in [0.29, 0.717) is 66.7 Å². The van der Waals surface area contributed by atoms with Crippen molar-refractivity contribution in [2.45, 2.75) is 25.3 Å². The Hall–Kier alpha value is -6.10. The van der Waals surface area contributed by atoms with Crippen molar-refractivity contribution < 1.29 is 32.5 Å². The normalized spacial score (nSPS) is 15.1. The Balaban J connectivity index is 1.28. The predicted octanol–water partition coefficient (Wildman–Crippen LogP) is 4.65. The van der Waals surface area contributed by atoms with Gasteiger partial charge in [-0.15, -0.1) is 0 Å². The molecule has 6 rings (SSSR count). The summed E-state index contributed by atoms with van der Waals surface area (Å²) < 4.78 is 43.6. The highest BCUT2D eigenvalue weighted by atomic mass is 19.1. The molecule has 53 heavy (non-hydrogen) atoms. The Labute approximate surface area is 302 Å². The number of amides is 1. The standard InChI is InChI=1S/C36H37F2N9O6/c1-47(2,21-22-10-14-40-33(22)46(50)51)17-7-9-29(48)44-15-11-24(12-16-44)45-34-23(20-41-36(43-34)42-28-8-5-6-13-39-28)18-25(35(45)49)30-31(37)26(52-3)19-27(53-4)32(30)38/h5-9,13-14,18-20,24H,10-12,15-17,21H2,1-4H3/p+1/b9-7+. The number of methoxy groups -OCH3 is 2. The number of carbonyl (C=O) groups is 1. The number of piperidine rings is 1. The van der Waals surface area contributed by atoms with E-state index in [-0.39, 0.29) is 40.4 Å². The third kappa shape index (κ3) is 7.74. The number of rotatable bonds is 12. The molecular formula is C36H38F2N9O6+. The van der Waals surface area contributed by atoms with Crippen LogP contribution in [-0.4, -0.2) is 100 Å². The molecule has 5 heterocycles. The fraction of sp³-hybridized carbons (Fsp3) is 0.333. The molecule has 0 unspecified atom stereocenters. The summed E-state index contributed by atoms with van der Waals surface area (Å²) in [5.74, 6) is -2.46. The van der Waals surface area contributed by atoms with Crippen LogP contribution in [0.1, 0.15) is 25.3 Å². The van der Waals surface area contributed by atoms with Gasteiger partial charge in [0.05, 0.1) is 51.6 Å². The van der Waals surface area contributed by atoms with Gasteiger partial charge in [0.2, 0.25) is 11.9 Å². The van der Waals surface area contributed by atoms with E-state index >= 15 is 8.78 Å². The second-order valence-electron chi connectivity index (χ2n) is 13.3. The van der Waals surface area contributed by atoms with E-state index in [1.165, 1.54) is 43.3 Å². The fourth-order valence-corrected chi connectivity index (χ4v) is 6.58. The first-order chi connectivity index (χ1) is 25.4. The molecular weight excluding hydrogens is 692 g/mol. The van der Waals surface area contributed by atoms with Gasteiger partial charge in [-0.1, -0.05) is 11.1 Å². The minimum absolute atomic E-state index is 0.123. The number of nitro groups is 1. The van der Waals surface area contributed by atoms with E-state index in [1.807, 2.05) is 14.1 Å². The number of ether oxygens (including phenoxy) is 2. The summed E-state index contributed by atoms with van der Waals surface area (Å²) in [6, 6.07) is 7.18. The van der Waals surface area contributed by atoms with Crippen LogP contribution in [0.15, 0.2) is 76.1 Å². The van der Waals surface area contributed by atoms with Gasteiger partial charge in [-0.2, -0.15) is 4.98 Å². The third-order valence-electron chi connectivity index (χ3n) is 9.18. The number of nitrogens with zero attached hydrogens (tertiary/aromatic N) is 8. The van der Waals surface area contributed by atoms with Gasteiger partial charge in [0.1, 0.15) is 24.2 Å². The molecule has 0 aliphatic carbocycles. The van der Waals surface area contributed by atoms with Crippen LogP contribution in [0.2, 0.25) is 0 Å². The van der Waals surface area contributed by atoms with Gasteiger partial charge in [0.15, 0.2) is 23.1 Å². The molecule has 15 nitrogen and oxygen atoms in total. The number of hydrogen-bond acceptors (Lipinski definition) is 11. The highest BCUT2D eigenvalue weighted by Gasteiger charge is 2.31. The first-order valence-corrected chi connectivity index (χ1v) is 16.8. The lowest BCUT2D eigenvalue weighted by Gasteiger charge is -2.33. The van der Waals surface area contributed by atoms with Crippen LogP contribution >= 0.6 is 0 Å². The second kappa shape index (κ2) is 15.2. The number of benzene rings is 1. The minimum atomic E-state index is -1.07. The average Bonchev–Trinajstić information content (AvgIpc) is 3.60. The van der Waals surface area contributed by atoms with Gasteiger partial charge in [0.25, 0.3) is 5.56 Å². The molecule has 0 spiro atoms. The van der Waals surface area contributed by atoms with Crippen LogP contribution < -0.4 is 20.3 Å². The van der Waals surface area contributed by atoms with Crippen molar-refractivity contribution in [2.24, 2.45) is 4.99 Å². The zero-order valence-electron chi connectivity index (χ0n) is 29.6. The van der Waals surface area contributed by atoms with E-state index < -0.39 is 33.7 Å². The Kier molecular flexibility index (Phi) is 10.6. The van der Waals surface area contributed by atoms with Crippen molar-refractivity contribution in [1.82, 2.24) is 24.4 Å². The molecule has 276 valence electrons. The minimum Gasteiger partial charge on any atom is -0.494 e. The van der Waals surface area contributed by atoms with Gasteiger partial charge in [-0.3, -0.25) is 14.2 Å². The number of quaternary nitrogens is 1. The van der Waals surface area contributed by atoms with Crippen LogP contribution in [-0.2, 0) is 4.79 Å². The van der Waals surface area contributed by atoms with Gasteiger partial charge in [-0.25, -0.2) is 18.7 Å². The highest BCUT2D eigenvalue weighted by Crippen LogP contribution is 2.38. The van der Waals surface area contributed by atoms with E-state index in [0.717, 1.165) is 6.07 Å². The van der Waals surface area contributed by atoms with E-state index in [4.69, 9.17) is 9.47 Å². The number of fused-ring (bicyclic) bond motifs is 1. The number of halogens is 2. The maximum Gasteiger partial charge on any atom is 0.368 e. The zero-order chi connectivity index (χ0) is 37.9. The quantitative estimate of drug-likeness (QED) is 0.0938. The lowest BCUT2D eigenvalue weighted by atomic mass is 10.0. The Bertz CT molecular complexity index is 2190. The van der Waals surface area contributed by atoms with Crippen molar-refractivity contribution in [3.05, 3.63) is 98.4 Å². The summed E-state index contributed by atoms with van der Waals surface area (Å²) in [6.45, 7) is 1.43. The number of pyridine rings is 2. The SMILES string of the molecule is COc1cc(OC)c(F)c(-c2cc3cnc(Nc4ccccn4)nc3n(C3CCN(C(=O)/C=C/C[N+](C)(C)CC4=C([N+](=O)[O-])N=CC4)CC3)c2=O)c1F. The van der Waals surface area contributed by atoms with Gasteiger partial charge in [-0.05, 0) is 42.0 Å². The first kappa shape index (κ1) is 36.7. The molecule has 0 atom stereocenters. The summed E-state index contributed by atoms with van der Waals surface area (Å²) in [6.07, 6.45) is 8.92. The molecule has 4 aromatic rings. The number of nitrogens with one attached hydrogen (secondary N) is 1. The van der Waals surface area contributed by atoms with E-state index in [2.05, 4.69) is 25.3 Å². The van der Waals surface area contributed by atoms with E-state index in [1.54, 1.807) is 35.4 Å². The van der Waals surface area contributed by atoms with Crippen LogP contribution in [0.25, 0.3) is 22.2 Å². The number of aromatic nitrogens is 4. The molecule has 1 N–H and O–H groups in total. The Morgan fingerprint density at radius 2 is 1.83 bits per heavy atom. The fourth-order valence-electron chi connectivity index (χ4n) is 6.58. The largest absolute Gasteiger partial charge is 0.494 e. The first-order valence-electron chi connectivity index (χ1n) is 16.8. The van der Waals surface area contributed by atoms with Crippen molar-refractivity contribution in [3.8, 4) is 22.6 Å². The molecule has 0 saturated carbocycles. The summed E-state index contributed by atoms with van der Waals surface area (Å²) in [7, 11) is 6.29. The maximum atomic E-state index is 15.8.